The Labute approximate surface area is 172 Å². The summed E-state index contributed by atoms with van der Waals surface area (Å²) < 4.78 is 0. The number of hydrogen-bond donors (Lipinski definition) is 0. The van der Waals surface area contributed by atoms with Crippen molar-refractivity contribution in [2.45, 2.75) is 32.4 Å². The van der Waals surface area contributed by atoms with Crippen LogP contribution in [0.5, 0.6) is 0 Å². The van der Waals surface area contributed by atoms with Crippen molar-refractivity contribution in [1.29, 1.82) is 0 Å². The lowest BCUT2D eigenvalue weighted by molar-refractivity contribution is 0.0958. The molecule has 4 heteroatoms. The largest absolute Gasteiger partial charge is 0.305 e. The fourth-order valence-electron chi connectivity index (χ4n) is 3.98. The first-order chi connectivity index (χ1) is 14.2. The summed E-state index contributed by atoms with van der Waals surface area (Å²) >= 11 is 0. The minimum absolute atomic E-state index is 0.0811. The van der Waals surface area contributed by atoms with Crippen LogP contribution in [-0.2, 0) is 6.54 Å². The minimum atomic E-state index is 0.0811. The van der Waals surface area contributed by atoms with Crippen molar-refractivity contribution in [2.75, 3.05) is 18.0 Å². The third kappa shape index (κ3) is 4.72. The van der Waals surface area contributed by atoms with Gasteiger partial charge in [-0.1, -0.05) is 42.0 Å². The van der Waals surface area contributed by atoms with Crippen LogP contribution in [0.3, 0.4) is 0 Å². The van der Waals surface area contributed by atoms with Gasteiger partial charge in [0.25, 0.3) is 5.91 Å². The van der Waals surface area contributed by atoms with E-state index in [0.29, 0.717) is 0 Å². The lowest BCUT2D eigenvalue weighted by Gasteiger charge is -2.38. The number of aryl methyl sites for hydroxylation is 1. The standard InChI is InChI=1S/C25H27N3O/c1-20-10-12-23(13-11-20)28(25(29)21-7-3-2-4-8-21)24-14-17-27(18-15-24)19-22-9-5-6-16-26-22/h2-13,16,24H,14-15,17-19H2,1H3. The zero-order valence-corrected chi connectivity index (χ0v) is 16.9. The molecule has 4 nitrogen and oxygen atoms in total. The normalized spacial score (nSPS) is 15.2. The molecule has 1 amide bonds. The Kier molecular flexibility index (Phi) is 6.01. The molecular formula is C25H27N3O. The van der Waals surface area contributed by atoms with Gasteiger partial charge in [0.05, 0.1) is 5.69 Å². The van der Waals surface area contributed by atoms with Crippen molar-refractivity contribution in [3.05, 3.63) is 95.8 Å². The van der Waals surface area contributed by atoms with Crippen LogP contribution in [0.2, 0.25) is 0 Å². The van der Waals surface area contributed by atoms with Crippen LogP contribution in [0, 0.1) is 6.92 Å². The number of benzene rings is 2. The predicted octanol–water partition coefficient (Wildman–Crippen LogP) is 4.70. The van der Waals surface area contributed by atoms with E-state index in [0.717, 1.165) is 49.4 Å². The Morgan fingerprint density at radius 1 is 0.966 bits per heavy atom. The van der Waals surface area contributed by atoms with Crippen molar-refractivity contribution in [2.24, 2.45) is 0 Å². The summed E-state index contributed by atoms with van der Waals surface area (Å²) in [6, 6.07) is 24.2. The molecule has 1 aliphatic rings. The van der Waals surface area contributed by atoms with E-state index >= 15 is 0 Å². The predicted molar refractivity (Wildman–Crippen MR) is 117 cm³/mol. The molecule has 148 valence electrons. The first-order valence-corrected chi connectivity index (χ1v) is 10.3. The average Bonchev–Trinajstić information content (AvgIpc) is 2.78. The number of aromatic nitrogens is 1. The topological polar surface area (TPSA) is 36.4 Å². The van der Waals surface area contributed by atoms with Crippen molar-refractivity contribution >= 4 is 11.6 Å². The summed E-state index contributed by atoms with van der Waals surface area (Å²) in [5.41, 5.74) is 4.02. The van der Waals surface area contributed by atoms with E-state index in [1.165, 1.54) is 5.56 Å². The summed E-state index contributed by atoms with van der Waals surface area (Å²) in [5, 5.41) is 0. The highest BCUT2D eigenvalue weighted by Crippen LogP contribution is 2.27. The Hall–Kier alpha value is -2.98. The first-order valence-electron chi connectivity index (χ1n) is 10.3. The number of carbonyl (C=O) groups excluding carboxylic acids is 1. The van der Waals surface area contributed by atoms with E-state index in [9.17, 15) is 4.79 Å². The maximum atomic E-state index is 13.4. The van der Waals surface area contributed by atoms with E-state index in [1.807, 2.05) is 53.6 Å². The lowest BCUT2D eigenvalue weighted by Crippen LogP contribution is -2.47. The monoisotopic (exact) mass is 385 g/mol. The van der Waals surface area contributed by atoms with Gasteiger partial charge in [0.2, 0.25) is 0 Å². The van der Waals surface area contributed by atoms with Crippen LogP contribution in [0.15, 0.2) is 79.0 Å². The lowest BCUT2D eigenvalue weighted by atomic mass is 10.00. The van der Waals surface area contributed by atoms with Gasteiger partial charge < -0.3 is 4.90 Å². The third-order valence-corrected chi connectivity index (χ3v) is 5.59. The molecule has 0 bridgehead atoms. The van der Waals surface area contributed by atoms with Crippen LogP contribution < -0.4 is 4.90 Å². The quantitative estimate of drug-likeness (QED) is 0.639. The number of carbonyl (C=O) groups is 1. The second kappa shape index (κ2) is 9.01. The smallest absolute Gasteiger partial charge is 0.258 e. The Balaban J connectivity index is 1.51. The van der Waals surface area contributed by atoms with Crippen molar-refractivity contribution in [3.63, 3.8) is 0 Å². The summed E-state index contributed by atoms with van der Waals surface area (Å²) in [6.07, 6.45) is 3.76. The molecule has 2 heterocycles. The molecule has 29 heavy (non-hydrogen) atoms. The van der Waals surface area contributed by atoms with E-state index in [2.05, 4.69) is 47.1 Å². The van der Waals surface area contributed by atoms with E-state index in [1.54, 1.807) is 0 Å². The summed E-state index contributed by atoms with van der Waals surface area (Å²) in [7, 11) is 0. The molecule has 3 aromatic rings. The van der Waals surface area contributed by atoms with E-state index in [-0.39, 0.29) is 11.9 Å². The molecular weight excluding hydrogens is 358 g/mol. The molecule has 1 aromatic heterocycles. The molecule has 2 aromatic carbocycles. The fourth-order valence-corrected chi connectivity index (χ4v) is 3.98. The zero-order valence-electron chi connectivity index (χ0n) is 16.9. The van der Waals surface area contributed by atoms with Crippen LogP contribution in [0.25, 0.3) is 0 Å². The van der Waals surface area contributed by atoms with Gasteiger partial charge in [-0.05, 0) is 56.2 Å². The highest BCUT2D eigenvalue weighted by Gasteiger charge is 2.29. The van der Waals surface area contributed by atoms with Gasteiger partial charge in [-0.3, -0.25) is 14.7 Å². The number of likely N-dealkylation sites (tertiary alicyclic amines) is 1. The number of pyridine rings is 1. The van der Waals surface area contributed by atoms with Gasteiger partial charge in [-0.15, -0.1) is 0 Å². The Morgan fingerprint density at radius 2 is 1.66 bits per heavy atom. The fraction of sp³-hybridized carbons (Fsp3) is 0.280. The highest BCUT2D eigenvalue weighted by atomic mass is 16.2. The molecule has 0 N–H and O–H groups in total. The first kappa shape index (κ1) is 19.3. The number of rotatable bonds is 5. The van der Waals surface area contributed by atoms with Crippen molar-refractivity contribution in [3.8, 4) is 0 Å². The number of piperidine rings is 1. The molecule has 0 aliphatic carbocycles. The third-order valence-electron chi connectivity index (χ3n) is 5.59. The molecule has 0 unspecified atom stereocenters. The van der Waals surface area contributed by atoms with Crippen molar-refractivity contribution < 1.29 is 4.79 Å². The van der Waals surface area contributed by atoms with Gasteiger partial charge in [0.1, 0.15) is 0 Å². The summed E-state index contributed by atoms with van der Waals surface area (Å²) in [4.78, 5) is 22.3. The van der Waals surface area contributed by atoms with Gasteiger partial charge in [0, 0.05) is 43.1 Å². The molecule has 1 fully saturated rings. The maximum absolute atomic E-state index is 13.4. The SMILES string of the molecule is Cc1ccc(N(C(=O)c2ccccc2)C2CCN(Cc3ccccn3)CC2)cc1. The van der Waals surface area contributed by atoms with Crippen molar-refractivity contribution in [1.82, 2.24) is 9.88 Å². The molecule has 0 atom stereocenters. The number of amides is 1. The molecule has 0 radical (unpaired) electrons. The number of anilines is 1. The Bertz CT molecular complexity index is 917. The molecule has 1 aliphatic heterocycles. The van der Waals surface area contributed by atoms with Gasteiger partial charge in [-0.2, -0.15) is 0 Å². The average molecular weight is 386 g/mol. The molecule has 0 saturated carbocycles. The molecule has 4 rings (SSSR count). The molecule has 0 spiro atoms. The zero-order chi connectivity index (χ0) is 20.1. The number of hydrogen-bond acceptors (Lipinski definition) is 3. The van der Waals surface area contributed by atoms with E-state index in [4.69, 9.17) is 0 Å². The summed E-state index contributed by atoms with van der Waals surface area (Å²) in [6.45, 7) is 4.87. The highest BCUT2D eigenvalue weighted by molar-refractivity contribution is 6.06. The van der Waals surface area contributed by atoms with Gasteiger partial charge >= 0.3 is 0 Å². The van der Waals surface area contributed by atoms with E-state index < -0.39 is 0 Å². The Morgan fingerprint density at radius 3 is 2.31 bits per heavy atom. The van der Waals surface area contributed by atoms with Crippen LogP contribution in [0.4, 0.5) is 5.69 Å². The van der Waals surface area contributed by atoms with Crippen LogP contribution >= 0.6 is 0 Å². The van der Waals surface area contributed by atoms with Gasteiger partial charge in [0.15, 0.2) is 0 Å². The second-order valence-corrected chi connectivity index (χ2v) is 7.71. The van der Waals surface area contributed by atoms with Crippen LogP contribution in [0.1, 0.15) is 34.5 Å². The van der Waals surface area contributed by atoms with Gasteiger partial charge in [-0.25, -0.2) is 0 Å². The summed E-state index contributed by atoms with van der Waals surface area (Å²) in [5.74, 6) is 0.0811. The van der Waals surface area contributed by atoms with Crippen LogP contribution in [-0.4, -0.2) is 34.9 Å². The maximum Gasteiger partial charge on any atom is 0.258 e. The minimum Gasteiger partial charge on any atom is -0.305 e. The second-order valence-electron chi connectivity index (χ2n) is 7.71. The molecule has 1 saturated heterocycles. The number of nitrogens with zero attached hydrogens (tertiary/aromatic N) is 3.